The number of nitro benzene ring substituents is 1. The molecule has 14 nitrogen and oxygen atoms in total. The predicted molar refractivity (Wildman–Crippen MR) is 223 cm³/mol. The molecule has 0 spiro atoms. The van der Waals surface area contributed by atoms with Gasteiger partial charge in [0.2, 0.25) is 11.8 Å². The minimum Gasteiger partial charge on any atom is -0.481 e. The van der Waals surface area contributed by atoms with Crippen molar-refractivity contribution >= 4 is 47.8 Å². The van der Waals surface area contributed by atoms with Gasteiger partial charge in [-0.15, -0.1) is 6.42 Å². The van der Waals surface area contributed by atoms with Crippen LogP contribution in [0.25, 0.3) is 11.2 Å². The topological polar surface area (TPSA) is 168 Å². The van der Waals surface area contributed by atoms with Gasteiger partial charge in [0.1, 0.15) is 37.3 Å². The van der Waals surface area contributed by atoms with E-state index in [9.17, 15) is 10.1 Å². The highest BCUT2D eigenvalue weighted by molar-refractivity contribution is 6.75. The Morgan fingerprint density at radius 3 is 2.04 bits per heavy atom. The number of terminal acetylenes is 1. The zero-order valence-electron chi connectivity index (χ0n) is 35.4. The lowest BCUT2D eigenvalue weighted by Crippen LogP contribution is -2.54. The van der Waals surface area contributed by atoms with Crippen molar-refractivity contribution in [3.8, 4) is 24.0 Å². The fourth-order valence-corrected chi connectivity index (χ4v) is 8.90. The van der Waals surface area contributed by atoms with Crippen LogP contribution in [0, 0.1) is 22.5 Å². The Balaban J connectivity index is 1.83. The molecule has 1 fully saturated rings. The number of rotatable bonds is 14. The van der Waals surface area contributed by atoms with Crippen LogP contribution < -0.4 is 15.2 Å². The zero-order chi connectivity index (χ0) is 41.5. The van der Waals surface area contributed by atoms with Gasteiger partial charge in [0.05, 0.1) is 23.4 Å². The van der Waals surface area contributed by atoms with Crippen LogP contribution in [0.1, 0.15) is 74.1 Å². The molecule has 55 heavy (non-hydrogen) atoms. The largest absolute Gasteiger partial charge is 0.481 e. The molecule has 17 heteroatoms. The molecule has 4 atom stereocenters. The summed E-state index contributed by atoms with van der Waals surface area (Å²) in [6, 6.07) is 4.34. The Morgan fingerprint density at radius 1 is 0.909 bits per heavy atom. The van der Waals surface area contributed by atoms with E-state index < -0.39 is 54.4 Å². The number of hydrogen-bond donors (Lipinski definition) is 1. The number of nitrogen functional groups attached to an aromatic ring is 1. The minimum atomic E-state index is -2.44. The molecule has 0 unspecified atom stereocenters. The highest BCUT2D eigenvalue weighted by Gasteiger charge is 2.55. The van der Waals surface area contributed by atoms with E-state index in [1.807, 2.05) is 4.57 Å². The third-order valence-electron chi connectivity index (χ3n) is 11.8. The fourth-order valence-electron chi connectivity index (χ4n) is 5.28. The average molecular weight is 815 g/mol. The number of nitrogens with two attached hydrogens (primary N) is 1. The highest BCUT2D eigenvalue weighted by atomic mass is 28.4. The van der Waals surface area contributed by atoms with Gasteiger partial charge in [-0.3, -0.25) is 14.7 Å². The second-order valence-corrected chi connectivity index (χ2v) is 33.2. The Morgan fingerprint density at radius 2 is 1.49 bits per heavy atom. The summed E-state index contributed by atoms with van der Waals surface area (Å²) < 4.78 is 41.9. The van der Waals surface area contributed by atoms with Gasteiger partial charge < -0.3 is 33.2 Å². The van der Waals surface area contributed by atoms with E-state index in [2.05, 4.69) is 122 Å². The lowest BCUT2D eigenvalue weighted by atomic mass is 10.1. The minimum absolute atomic E-state index is 0.00698. The van der Waals surface area contributed by atoms with Crippen LogP contribution in [0.3, 0.4) is 0 Å². The van der Waals surface area contributed by atoms with Gasteiger partial charge in [0.15, 0.2) is 42.3 Å². The molecule has 3 aromatic rings. The first kappa shape index (κ1) is 44.3. The SMILES string of the molecule is C#CCOc1ccc([N+](=O)[O-])c(COc2nc(N)nc3c2ncn3[C@@H]2O[C@H](CO[Si](C)(C)C(C)(C)C)[C@@H](O[Si](C)(C)C(C)(C)C)[C@H]2O[Si](C)(C)C(C)(C)C)c1. The second-order valence-electron chi connectivity index (χ2n) is 18.9. The summed E-state index contributed by atoms with van der Waals surface area (Å²) in [5, 5.41) is 11.7. The Hall–Kier alpha value is -3.38. The molecule has 1 aliphatic rings. The molecule has 0 saturated carbocycles. The van der Waals surface area contributed by atoms with Gasteiger partial charge in [0.25, 0.3) is 5.69 Å². The van der Waals surface area contributed by atoms with Gasteiger partial charge >= 0.3 is 0 Å². The lowest BCUT2D eigenvalue weighted by molar-refractivity contribution is -0.385. The van der Waals surface area contributed by atoms with Gasteiger partial charge in [0, 0.05) is 6.07 Å². The summed E-state index contributed by atoms with van der Waals surface area (Å²) in [6.45, 7) is 33.4. The van der Waals surface area contributed by atoms with Crippen molar-refractivity contribution in [3.05, 3.63) is 40.2 Å². The molecule has 1 saturated heterocycles. The predicted octanol–water partition coefficient (Wildman–Crippen LogP) is 8.61. The van der Waals surface area contributed by atoms with Crippen molar-refractivity contribution in [1.29, 1.82) is 0 Å². The lowest BCUT2D eigenvalue weighted by Gasteiger charge is -2.44. The van der Waals surface area contributed by atoms with Crippen LogP contribution in [0.5, 0.6) is 11.6 Å². The van der Waals surface area contributed by atoms with Gasteiger partial charge in [-0.2, -0.15) is 9.97 Å². The van der Waals surface area contributed by atoms with Crippen LogP contribution in [0.15, 0.2) is 24.5 Å². The number of fused-ring (bicyclic) bond motifs is 1. The number of hydrogen-bond acceptors (Lipinski definition) is 12. The zero-order valence-corrected chi connectivity index (χ0v) is 38.4. The third-order valence-corrected chi connectivity index (χ3v) is 25.2. The Bertz CT molecular complexity index is 1890. The molecular formula is C38H62N6O8Si3. The van der Waals surface area contributed by atoms with E-state index in [-0.39, 0.29) is 51.4 Å². The van der Waals surface area contributed by atoms with Crippen molar-refractivity contribution in [1.82, 2.24) is 19.5 Å². The second kappa shape index (κ2) is 15.9. The maximum atomic E-state index is 11.9. The molecule has 2 N–H and O–H groups in total. The molecule has 1 aromatic carbocycles. The van der Waals surface area contributed by atoms with Gasteiger partial charge in [-0.1, -0.05) is 68.2 Å². The van der Waals surface area contributed by atoms with E-state index >= 15 is 0 Å². The molecule has 4 rings (SSSR count). The van der Waals surface area contributed by atoms with E-state index in [0.29, 0.717) is 23.5 Å². The van der Waals surface area contributed by atoms with E-state index in [0.717, 1.165) is 0 Å². The van der Waals surface area contributed by atoms with Gasteiger partial charge in [-0.05, 0) is 66.5 Å². The molecule has 0 amide bonds. The number of nitrogens with zero attached hydrogens (tertiary/aromatic N) is 5. The number of anilines is 1. The molecule has 2 aromatic heterocycles. The van der Waals surface area contributed by atoms with E-state index in [1.54, 1.807) is 6.33 Å². The van der Waals surface area contributed by atoms with Crippen LogP contribution in [-0.2, 0) is 24.6 Å². The van der Waals surface area contributed by atoms with Crippen molar-refractivity contribution in [2.45, 2.75) is 148 Å². The van der Waals surface area contributed by atoms with Crippen LogP contribution in [0.4, 0.5) is 11.6 Å². The number of imidazole rings is 1. The molecule has 304 valence electrons. The van der Waals surface area contributed by atoms with Crippen molar-refractivity contribution in [2.24, 2.45) is 0 Å². The number of nitro groups is 1. The van der Waals surface area contributed by atoms with Crippen LogP contribution in [-0.4, -0.2) is 80.9 Å². The monoisotopic (exact) mass is 814 g/mol. The number of benzene rings is 1. The first-order valence-electron chi connectivity index (χ1n) is 18.7. The fraction of sp³-hybridized carbons (Fsp3) is 0.658. The molecule has 3 heterocycles. The average Bonchev–Trinajstić information content (AvgIpc) is 3.60. The van der Waals surface area contributed by atoms with Crippen LogP contribution in [0.2, 0.25) is 54.4 Å². The smallest absolute Gasteiger partial charge is 0.276 e. The first-order valence-corrected chi connectivity index (χ1v) is 27.4. The van der Waals surface area contributed by atoms with Crippen molar-refractivity contribution in [2.75, 3.05) is 18.9 Å². The van der Waals surface area contributed by atoms with Crippen LogP contribution >= 0.6 is 0 Å². The maximum Gasteiger partial charge on any atom is 0.276 e. The summed E-state index contributed by atoms with van der Waals surface area (Å²) in [6.07, 6.45) is 4.73. The number of ether oxygens (including phenoxy) is 3. The van der Waals surface area contributed by atoms with Crippen molar-refractivity contribution in [3.63, 3.8) is 0 Å². The Kier molecular flexibility index (Phi) is 12.8. The molecule has 0 radical (unpaired) electrons. The molecule has 0 aliphatic carbocycles. The normalized spacial score (nSPS) is 20.1. The molecular weight excluding hydrogens is 753 g/mol. The van der Waals surface area contributed by atoms with Gasteiger partial charge in [-0.25, -0.2) is 4.98 Å². The molecule has 0 bridgehead atoms. The van der Waals surface area contributed by atoms with Crippen molar-refractivity contribution < 1.29 is 32.4 Å². The third kappa shape index (κ3) is 9.78. The Labute approximate surface area is 329 Å². The quantitative estimate of drug-likeness (QED) is 0.0713. The number of aromatic nitrogens is 4. The van der Waals surface area contributed by atoms with E-state index in [1.165, 1.54) is 18.2 Å². The summed E-state index contributed by atoms with van der Waals surface area (Å²) in [4.78, 5) is 25.0. The maximum absolute atomic E-state index is 11.9. The first-order chi connectivity index (χ1) is 25.1. The summed E-state index contributed by atoms with van der Waals surface area (Å²) in [5.41, 5.74) is 7.06. The van der Waals surface area contributed by atoms with E-state index in [4.69, 9.17) is 39.6 Å². The summed E-state index contributed by atoms with van der Waals surface area (Å²) in [7, 11) is -7.02. The molecule has 1 aliphatic heterocycles. The summed E-state index contributed by atoms with van der Waals surface area (Å²) >= 11 is 0. The highest BCUT2D eigenvalue weighted by Crippen LogP contribution is 2.47. The summed E-state index contributed by atoms with van der Waals surface area (Å²) in [5.74, 6) is 2.74. The standard InChI is InChI=1S/C38H62N6O8Si3/c1-17-20-47-26-18-19-27(44(45)46)25(21-26)22-48-33-29-32(41-35(39)42-33)43(24-40-29)34-31(52-55(15,16)38(8,9)10)30(51-54(13,14)37(5,6)7)28(50-34)23-49-53(11,12)36(2,3)4/h1,18-19,21,24,28,30-31,34H,20,22-23H2,2-16H3,(H2,39,41,42)/t28-,30-,31-,34-/m1/s1.